The van der Waals surface area contributed by atoms with Crippen molar-refractivity contribution in [1.82, 2.24) is 5.32 Å². The normalized spacial score (nSPS) is 13.1. The Balaban J connectivity index is 1.42. The molecule has 23 heavy (non-hydrogen) atoms. The second kappa shape index (κ2) is 8.22. The summed E-state index contributed by atoms with van der Waals surface area (Å²) in [6.07, 6.45) is 0.861. The molecule has 1 aliphatic rings. The highest BCUT2D eigenvalue weighted by Crippen LogP contribution is 2.34. The van der Waals surface area contributed by atoms with Crippen LogP contribution in [0.5, 0.6) is 0 Å². The quantitative estimate of drug-likeness (QED) is 0.892. The first-order valence-electron chi connectivity index (χ1n) is 7.54. The molecule has 0 aliphatic carbocycles. The number of benzene rings is 2. The summed E-state index contributed by atoms with van der Waals surface area (Å²) >= 11 is 3.22. The molecule has 0 saturated carbocycles. The Labute approximate surface area is 145 Å². The van der Waals surface area contributed by atoms with Crippen molar-refractivity contribution in [1.29, 1.82) is 0 Å². The number of hydrogen-bond acceptors (Lipinski definition) is 4. The maximum Gasteiger partial charge on any atom is 0.230 e. The molecule has 0 bridgehead atoms. The summed E-state index contributed by atoms with van der Waals surface area (Å²) in [6.45, 7) is 0.672. The molecule has 118 valence electrons. The zero-order valence-corrected chi connectivity index (χ0v) is 14.3. The predicted molar refractivity (Wildman–Crippen MR) is 100 cm³/mol. The number of thioether (sulfide) groups is 2. The lowest BCUT2D eigenvalue weighted by atomic mass is 10.1. The Morgan fingerprint density at radius 3 is 2.78 bits per heavy atom. The van der Waals surface area contributed by atoms with Gasteiger partial charge in [-0.3, -0.25) is 4.79 Å². The third kappa shape index (κ3) is 4.88. The van der Waals surface area contributed by atoms with E-state index in [0.717, 1.165) is 22.2 Å². The van der Waals surface area contributed by atoms with Gasteiger partial charge in [0.25, 0.3) is 0 Å². The van der Waals surface area contributed by atoms with Crippen LogP contribution in [0.3, 0.4) is 0 Å². The molecule has 0 fully saturated rings. The van der Waals surface area contributed by atoms with Crippen molar-refractivity contribution in [2.75, 3.05) is 12.3 Å². The van der Waals surface area contributed by atoms with Crippen molar-refractivity contribution in [3.63, 3.8) is 0 Å². The Kier molecular flexibility index (Phi) is 5.77. The Morgan fingerprint density at radius 2 is 1.91 bits per heavy atom. The van der Waals surface area contributed by atoms with Gasteiger partial charge in [-0.25, -0.2) is 4.99 Å². The van der Waals surface area contributed by atoms with Crippen molar-refractivity contribution in [2.45, 2.75) is 12.2 Å². The summed E-state index contributed by atoms with van der Waals surface area (Å²) in [7, 11) is 0. The molecule has 1 amide bonds. The van der Waals surface area contributed by atoms with Gasteiger partial charge < -0.3 is 5.32 Å². The molecule has 1 N–H and O–H groups in total. The lowest BCUT2D eigenvalue weighted by Crippen LogP contribution is -2.27. The smallest absolute Gasteiger partial charge is 0.230 e. The fraction of sp³-hybridized carbons (Fsp3) is 0.222. The van der Waals surface area contributed by atoms with Gasteiger partial charge in [-0.05, 0) is 23.6 Å². The second-order valence-corrected chi connectivity index (χ2v) is 7.36. The van der Waals surface area contributed by atoms with Gasteiger partial charge in [0.1, 0.15) is 4.38 Å². The van der Waals surface area contributed by atoms with E-state index in [1.54, 1.807) is 11.8 Å². The van der Waals surface area contributed by atoms with Gasteiger partial charge in [0.05, 0.1) is 11.4 Å². The summed E-state index contributed by atoms with van der Waals surface area (Å²) in [4.78, 5) is 16.5. The number of fused-ring (bicyclic) bond motifs is 1. The number of amides is 1. The molecule has 5 heteroatoms. The van der Waals surface area contributed by atoms with Gasteiger partial charge in [-0.15, -0.1) is 0 Å². The number of aliphatic imine (C=N–C) groups is 1. The molecule has 3 rings (SSSR count). The maximum absolute atomic E-state index is 11.9. The van der Waals surface area contributed by atoms with E-state index in [4.69, 9.17) is 0 Å². The van der Waals surface area contributed by atoms with Crippen molar-refractivity contribution in [3.05, 3.63) is 65.7 Å². The molecule has 2 aromatic carbocycles. The van der Waals surface area contributed by atoms with Gasteiger partial charge in [0.2, 0.25) is 5.91 Å². The minimum Gasteiger partial charge on any atom is -0.355 e. The Hall–Kier alpha value is -1.72. The number of para-hydroxylation sites is 1. The van der Waals surface area contributed by atoms with Crippen LogP contribution in [0.2, 0.25) is 0 Å². The fourth-order valence-electron chi connectivity index (χ4n) is 2.26. The summed E-state index contributed by atoms with van der Waals surface area (Å²) in [5.74, 6) is 1.41. The van der Waals surface area contributed by atoms with Crippen LogP contribution in [0.1, 0.15) is 11.1 Å². The number of nitrogens with one attached hydrogen (secondary N) is 1. The Morgan fingerprint density at radius 1 is 1.13 bits per heavy atom. The van der Waals surface area contributed by atoms with E-state index in [1.807, 2.05) is 36.4 Å². The lowest BCUT2D eigenvalue weighted by Gasteiger charge is -2.14. The summed E-state index contributed by atoms with van der Waals surface area (Å²) in [6, 6.07) is 18.3. The monoisotopic (exact) mass is 342 g/mol. The fourth-order valence-corrected chi connectivity index (χ4v) is 4.15. The zero-order chi connectivity index (χ0) is 15.9. The first-order valence-corrected chi connectivity index (χ1v) is 9.51. The number of carbonyl (C=O) groups excluding carboxylic acids is 1. The molecule has 0 spiro atoms. The highest BCUT2D eigenvalue weighted by Gasteiger charge is 2.13. The van der Waals surface area contributed by atoms with Gasteiger partial charge in [0, 0.05) is 12.3 Å². The van der Waals surface area contributed by atoms with Crippen LogP contribution >= 0.6 is 23.5 Å². The number of nitrogens with zero attached hydrogens (tertiary/aromatic N) is 1. The molecule has 0 radical (unpaired) electrons. The maximum atomic E-state index is 11.9. The number of carbonyl (C=O) groups is 1. The molecular weight excluding hydrogens is 324 g/mol. The molecule has 0 atom stereocenters. The third-order valence-electron chi connectivity index (χ3n) is 3.46. The third-order valence-corrected chi connectivity index (χ3v) is 5.71. The number of rotatable bonds is 5. The van der Waals surface area contributed by atoms with E-state index in [9.17, 15) is 4.79 Å². The van der Waals surface area contributed by atoms with Crippen LogP contribution in [0, 0.1) is 0 Å². The number of hydrogen-bond donors (Lipinski definition) is 1. The van der Waals surface area contributed by atoms with Crippen molar-refractivity contribution in [3.8, 4) is 0 Å². The Bertz CT molecular complexity index is 701. The first-order chi connectivity index (χ1) is 11.3. The summed E-state index contributed by atoms with van der Waals surface area (Å²) in [5, 5.41) is 2.97. The minimum absolute atomic E-state index is 0.0630. The van der Waals surface area contributed by atoms with Crippen LogP contribution in [0.25, 0.3) is 0 Å². The van der Waals surface area contributed by atoms with Gasteiger partial charge in [-0.2, -0.15) is 0 Å². The average Bonchev–Trinajstić information content (AvgIpc) is 2.61. The van der Waals surface area contributed by atoms with Crippen LogP contribution in [0.4, 0.5) is 5.69 Å². The summed E-state index contributed by atoms with van der Waals surface area (Å²) < 4.78 is 0.974. The molecule has 0 saturated heterocycles. The molecular formula is C18H18N2OS2. The average molecular weight is 342 g/mol. The SMILES string of the molecule is O=C(CSC1=Nc2ccccc2CS1)NCCc1ccccc1. The topological polar surface area (TPSA) is 41.5 Å². The van der Waals surface area contributed by atoms with Crippen LogP contribution in [-0.2, 0) is 17.0 Å². The standard InChI is InChI=1S/C18H18N2OS2/c21-17(19-11-10-14-6-2-1-3-7-14)13-23-18-20-16-9-5-4-8-15(16)12-22-18/h1-9H,10-13H2,(H,19,21). The van der Waals surface area contributed by atoms with E-state index >= 15 is 0 Å². The van der Waals surface area contributed by atoms with Crippen LogP contribution in [-0.4, -0.2) is 22.6 Å². The van der Waals surface area contributed by atoms with Gasteiger partial charge in [-0.1, -0.05) is 72.1 Å². The molecule has 2 aromatic rings. The van der Waals surface area contributed by atoms with Crippen molar-refractivity contribution >= 4 is 39.5 Å². The van der Waals surface area contributed by atoms with Crippen LogP contribution in [0.15, 0.2) is 59.6 Å². The largest absolute Gasteiger partial charge is 0.355 e. The highest BCUT2D eigenvalue weighted by atomic mass is 32.2. The van der Waals surface area contributed by atoms with Gasteiger partial charge >= 0.3 is 0 Å². The van der Waals surface area contributed by atoms with Crippen molar-refractivity contribution < 1.29 is 4.79 Å². The van der Waals surface area contributed by atoms with E-state index in [2.05, 4.69) is 28.5 Å². The zero-order valence-electron chi connectivity index (χ0n) is 12.7. The summed E-state index contributed by atoms with van der Waals surface area (Å²) in [5.41, 5.74) is 3.52. The van der Waals surface area contributed by atoms with Gasteiger partial charge in [0.15, 0.2) is 0 Å². The molecule has 0 aromatic heterocycles. The van der Waals surface area contributed by atoms with E-state index in [0.29, 0.717) is 12.3 Å². The molecule has 0 unspecified atom stereocenters. The van der Waals surface area contributed by atoms with E-state index < -0.39 is 0 Å². The predicted octanol–water partition coefficient (Wildman–Crippen LogP) is 4.01. The first kappa shape index (κ1) is 16.1. The van der Waals surface area contributed by atoms with Crippen molar-refractivity contribution in [2.24, 2.45) is 4.99 Å². The van der Waals surface area contributed by atoms with Crippen LogP contribution < -0.4 is 5.32 Å². The molecule has 1 heterocycles. The van der Waals surface area contributed by atoms with E-state index in [1.165, 1.54) is 22.9 Å². The molecule has 1 aliphatic heterocycles. The highest BCUT2D eigenvalue weighted by molar-refractivity contribution is 8.38. The lowest BCUT2D eigenvalue weighted by molar-refractivity contribution is -0.118. The van der Waals surface area contributed by atoms with E-state index in [-0.39, 0.29) is 5.91 Å². The minimum atomic E-state index is 0.0630. The molecule has 3 nitrogen and oxygen atoms in total. The second-order valence-electron chi connectivity index (χ2n) is 5.17.